The predicted molar refractivity (Wildman–Crippen MR) is 141 cm³/mol. The maximum atomic E-state index is 13.3. The molecule has 0 fully saturated rings. The topological polar surface area (TPSA) is 113 Å². The fourth-order valence-electron chi connectivity index (χ4n) is 3.20. The largest absolute Gasteiger partial charge is 0.437 e. The minimum Gasteiger partial charge on any atom is -0.437 e. The highest BCUT2D eigenvalue weighted by Crippen LogP contribution is 2.35. The van der Waals surface area contributed by atoms with Crippen LogP contribution in [0.5, 0.6) is 11.6 Å². The monoisotopic (exact) mass is 619 g/mol. The van der Waals surface area contributed by atoms with Crippen LogP contribution in [0.4, 0.5) is 5.69 Å². The second kappa shape index (κ2) is 10.2. The molecule has 0 unspecified atom stereocenters. The predicted octanol–water partition coefficient (Wildman–Crippen LogP) is 6.68. The molecule has 0 spiro atoms. The van der Waals surface area contributed by atoms with Crippen molar-refractivity contribution < 1.29 is 9.66 Å². The molecular weight excluding hydrogens is 606 g/mol. The van der Waals surface area contributed by atoms with E-state index in [1.807, 2.05) is 19.9 Å². The third-order valence-electron chi connectivity index (χ3n) is 4.84. The fraction of sp³-hybridized carbons (Fsp3) is 0.130. The van der Waals surface area contributed by atoms with E-state index < -0.39 is 4.92 Å². The summed E-state index contributed by atoms with van der Waals surface area (Å²) in [6, 6.07) is 11.2. The number of nitro groups is 1. The van der Waals surface area contributed by atoms with Crippen molar-refractivity contribution in [3.8, 4) is 11.6 Å². The average Bonchev–Trinajstić information content (AvgIpc) is 2.80. The van der Waals surface area contributed by atoms with Gasteiger partial charge in [-0.2, -0.15) is 9.78 Å². The normalized spacial score (nSPS) is 11.5. The first kappa shape index (κ1) is 25.0. The van der Waals surface area contributed by atoms with Crippen molar-refractivity contribution in [3.05, 3.63) is 94.5 Å². The van der Waals surface area contributed by atoms with Gasteiger partial charge in [-0.25, -0.2) is 9.97 Å². The van der Waals surface area contributed by atoms with Crippen LogP contribution in [0.3, 0.4) is 0 Å². The third kappa shape index (κ3) is 5.42. The number of benzene rings is 2. The molecule has 9 nitrogen and oxygen atoms in total. The van der Waals surface area contributed by atoms with Gasteiger partial charge in [0.15, 0.2) is 5.75 Å². The van der Waals surface area contributed by atoms with E-state index in [2.05, 4.69) is 46.9 Å². The summed E-state index contributed by atoms with van der Waals surface area (Å²) in [6.07, 6.45) is 2.54. The molecule has 4 aromatic rings. The number of rotatable bonds is 6. The summed E-state index contributed by atoms with van der Waals surface area (Å²) in [5.41, 5.74) is 0.537. The average molecular weight is 622 g/mol. The number of fused-ring (bicyclic) bond motifs is 1. The van der Waals surface area contributed by atoms with E-state index in [0.717, 1.165) is 10.7 Å². The van der Waals surface area contributed by atoms with Gasteiger partial charge in [0.2, 0.25) is 5.88 Å². The lowest BCUT2D eigenvalue weighted by Gasteiger charge is -2.13. The van der Waals surface area contributed by atoms with Crippen LogP contribution in [-0.4, -0.2) is 25.8 Å². The second-order valence-corrected chi connectivity index (χ2v) is 9.87. The molecule has 178 valence electrons. The molecule has 35 heavy (non-hydrogen) atoms. The minimum atomic E-state index is -0.548. The Balaban J connectivity index is 1.80. The van der Waals surface area contributed by atoms with E-state index in [9.17, 15) is 14.9 Å². The summed E-state index contributed by atoms with van der Waals surface area (Å²) in [4.78, 5) is 32.2. The van der Waals surface area contributed by atoms with E-state index in [1.165, 1.54) is 23.0 Å². The van der Waals surface area contributed by atoms with Crippen LogP contribution < -0.4 is 10.3 Å². The Hall–Kier alpha value is -3.15. The fourth-order valence-corrected chi connectivity index (χ4v) is 4.48. The molecule has 2 heterocycles. The zero-order chi connectivity index (χ0) is 25.3. The maximum Gasteiger partial charge on any atom is 0.287 e. The first-order chi connectivity index (χ1) is 16.6. The van der Waals surface area contributed by atoms with Gasteiger partial charge in [-0.1, -0.05) is 41.4 Å². The SMILES string of the molecule is CC(C)c1nc2ccc(Br)cc2c(=O)n1N=Cc1cc(Cl)cc(Br)c1Oc1ccc([N+](=O)[O-])cn1. The quantitative estimate of drug-likeness (QED) is 0.135. The third-order valence-corrected chi connectivity index (χ3v) is 6.14. The standard InChI is InChI=1S/C23H16Br2ClN5O4/c1-12(2)22-29-19-5-3-14(24)8-17(19)23(32)30(22)28-10-13-7-15(26)9-18(25)21(13)35-20-6-4-16(11-27-20)31(33)34/h3-12H,1-2H3. The van der Waals surface area contributed by atoms with Gasteiger partial charge < -0.3 is 4.74 Å². The van der Waals surface area contributed by atoms with Crippen LogP contribution in [0.1, 0.15) is 31.2 Å². The first-order valence-electron chi connectivity index (χ1n) is 10.2. The van der Waals surface area contributed by atoms with Crippen molar-refractivity contribution in [2.45, 2.75) is 19.8 Å². The highest BCUT2D eigenvalue weighted by atomic mass is 79.9. The van der Waals surface area contributed by atoms with Crippen molar-refractivity contribution in [2.75, 3.05) is 0 Å². The van der Waals surface area contributed by atoms with Gasteiger partial charge in [0, 0.05) is 33.1 Å². The Bertz CT molecular complexity index is 1540. The van der Waals surface area contributed by atoms with Gasteiger partial charge in [0.25, 0.3) is 11.2 Å². The molecular formula is C23H16Br2ClN5O4. The summed E-state index contributed by atoms with van der Waals surface area (Å²) < 4.78 is 8.38. The molecule has 0 aliphatic heterocycles. The maximum absolute atomic E-state index is 13.3. The lowest BCUT2D eigenvalue weighted by atomic mass is 10.2. The molecule has 2 aromatic carbocycles. The minimum absolute atomic E-state index is 0.0842. The Morgan fingerprint density at radius 3 is 2.63 bits per heavy atom. The van der Waals surface area contributed by atoms with E-state index in [4.69, 9.17) is 16.3 Å². The van der Waals surface area contributed by atoms with Crippen LogP contribution in [0, 0.1) is 10.1 Å². The number of halogens is 3. The second-order valence-electron chi connectivity index (χ2n) is 7.67. The van der Waals surface area contributed by atoms with Crippen molar-refractivity contribution in [1.82, 2.24) is 14.6 Å². The lowest BCUT2D eigenvalue weighted by Crippen LogP contribution is -2.23. The molecule has 4 rings (SSSR count). The number of nitrogens with zero attached hydrogens (tertiary/aromatic N) is 5. The molecule has 2 aromatic heterocycles. The molecule has 0 N–H and O–H groups in total. The molecule has 0 amide bonds. The Morgan fingerprint density at radius 2 is 1.97 bits per heavy atom. The van der Waals surface area contributed by atoms with E-state index >= 15 is 0 Å². The number of pyridine rings is 1. The summed E-state index contributed by atoms with van der Waals surface area (Å²) in [5.74, 6) is 0.848. The van der Waals surface area contributed by atoms with Gasteiger partial charge >= 0.3 is 0 Å². The first-order valence-corrected chi connectivity index (χ1v) is 12.1. The summed E-state index contributed by atoms with van der Waals surface area (Å²) >= 11 is 13.1. The highest BCUT2D eigenvalue weighted by molar-refractivity contribution is 9.10. The molecule has 0 atom stereocenters. The number of hydrogen-bond donors (Lipinski definition) is 0. The number of ether oxygens (including phenoxy) is 1. The number of hydrogen-bond acceptors (Lipinski definition) is 7. The molecule has 0 radical (unpaired) electrons. The van der Waals surface area contributed by atoms with Crippen LogP contribution in [0.15, 0.2) is 67.5 Å². The summed E-state index contributed by atoms with van der Waals surface area (Å²) in [6.45, 7) is 3.84. The van der Waals surface area contributed by atoms with Gasteiger partial charge in [-0.15, -0.1) is 0 Å². The van der Waals surface area contributed by atoms with Gasteiger partial charge in [-0.05, 0) is 46.3 Å². The molecule has 0 saturated heterocycles. The van der Waals surface area contributed by atoms with Crippen molar-refractivity contribution >= 4 is 66.3 Å². The smallest absolute Gasteiger partial charge is 0.287 e. The Kier molecular flexibility index (Phi) is 7.29. The van der Waals surface area contributed by atoms with Crippen molar-refractivity contribution in [3.63, 3.8) is 0 Å². The molecule has 0 bridgehead atoms. The lowest BCUT2D eigenvalue weighted by molar-refractivity contribution is -0.385. The summed E-state index contributed by atoms with van der Waals surface area (Å²) in [5, 5.41) is 16.1. The van der Waals surface area contributed by atoms with Crippen LogP contribution in [0.2, 0.25) is 5.02 Å². The molecule has 0 aliphatic rings. The zero-order valence-corrected chi connectivity index (χ0v) is 22.2. The van der Waals surface area contributed by atoms with Gasteiger partial charge in [-0.3, -0.25) is 14.9 Å². The summed E-state index contributed by atoms with van der Waals surface area (Å²) in [7, 11) is 0. The van der Waals surface area contributed by atoms with Crippen LogP contribution in [0.25, 0.3) is 10.9 Å². The molecule has 0 saturated carbocycles. The molecule has 12 heteroatoms. The van der Waals surface area contributed by atoms with Crippen molar-refractivity contribution in [2.24, 2.45) is 5.10 Å². The van der Waals surface area contributed by atoms with Crippen LogP contribution >= 0.6 is 43.5 Å². The Morgan fingerprint density at radius 1 is 1.20 bits per heavy atom. The van der Waals surface area contributed by atoms with Crippen molar-refractivity contribution in [1.29, 1.82) is 0 Å². The van der Waals surface area contributed by atoms with E-state index in [1.54, 1.807) is 24.3 Å². The molecule has 0 aliphatic carbocycles. The number of aromatic nitrogens is 3. The van der Waals surface area contributed by atoms with Crippen LogP contribution in [-0.2, 0) is 0 Å². The van der Waals surface area contributed by atoms with Gasteiger partial charge in [0.1, 0.15) is 12.0 Å². The zero-order valence-electron chi connectivity index (χ0n) is 18.3. The van der Waals surface area contributed by atoms with Gasteiger partial charge in [0.05, 0.1) is 26.5 Å². The highest BCUT2D eigenvalue weighted by Gasteiger charge is 2.16. The Labute approximate surface area is 220 Å². The van der Waals surface area contributed by atoms with E-state index in [0.29, 0.717) is 37.5 Å². The van der Waals surface area contributed by atoms with E-state index in [-0.39, 0.29) is 23.0 Å².